The summed E-state index contributed by atoms with van der Waals surface area (Å²) in [5, 5.41) is 84.7. The zero-order valence-corrected chi connectivity index (χ0v) is 43.7. The molecule has 8 N–H and O–H groups in total. The Bertz CT molecular complexity index is 2700. The van der Waals surface area contributed by atoms with Crippen molar-refractivity contribution >= 4 is 30.5 Å². The molecule has 2 aliphatic heterocycles. The summed E-state index contributed by atoms with van der Waals surface area (Å²) in [7, 11) is -4.98. The molecule has 0 amide bonds. The number of aromatic nitrogens is 6. The Hall–Kier alpha value is -5.84. The first-order chi connectivity index (χ1) is 36.8. The topological polar surface area (TPSA) is 346 Å². The first kappa shape index (κ1) is 57.9. The number of phosphoric ester groups is 1. The highest BCUT2D eigenvalue weighted by atomic mass is 31.2. The van der Waals surface area contributed by atoms with E-state index < -0.39 is 81.6 Å². The molecule has 6 heterocycles. The second kappa shape index (κ2) is 27.5. The number of para-hydroxylation sites is 1. The van der Waals surface area contributed by atoms with E-state index in [2.05, 4.69) is 33.2 Å². The maximum atomic E-state index is 15.0. The minimum atomic E-state index is -4.98. The summed E-state index contributed by atoms with van der Waals surface area (Å²) in [6.45, 7) is 0.312. The van der Waals surface area contributed by atoms with Gasteiger partial charge in [0.2, 0.25) is 11.2 Å². The van der Waals surface area contributed by atoms with Crippen LogP contribution >= 0.6 is 7.82 Å². The number of nitrogens with two attached hydrogens (primary N) is 2. The van der Waals surface area contributed by atoms with Crippen LogP contribution in [-0.2, 0) is 43.5 Å². The van der Waals surface area contributed by atoms with Gasteiger partial charge in [-0.1, -0.05) is 115 Å². The lowest BCUT2D eigenvalue weighted by atomic mass is 9.92. The molecule has 4 aromatic heterocycles. The van der Waals surface area contributed by atoms with E-state index in [9.17, 15) is 40.8 Å². The van der Waals surface area contributed by atoms with Gasteiger partial charge in [-0.15, -0.1) is 0 Å². The largest absolute Gasteiger partial charge is 0.484 e. The Morgan fingerprint density at radius 2 is 1.12 bits per heavy atom. The SMILES string of the molecule is CCCCCCCCCCCCCCCCCCOC[C@H](COP(=O)(OC[C@H]1O[C@@](C#N)(c2ccc3c(N)ncnn23)[C@H](O)[C@@H]1O)OC[C@H]1O[C@@](C#N)(c2ccc3c(N)ncnn23)[C@H](O)[C@@H]1O)Oc1ccccc1C#N. The van der Waals surface area contributed by atoms with Crippen molar-refractivity contribution in [2.45, 2.75) is 164 Å². The maximum Gasteiger partial charge on any atom is 0.475 e. The quantitative estimate of drug-likeness (QED) is 0.0210. The van der Waals surface area contributed by atoms with Crippen molar-refractivity contribution in [1.82, 2.24) is 29.2 Å². The van der Waals surface area contributed by atoms with Gasteiger partial charge in [0, 0.05) is 6.61 Å². The predicted octanol–water partition coefficient (Wildman–Crippen LogP) is 6.07. The van der Waals surface area contributed by atoms with Crippen LogP contribution in [0.4, 0.5) is 11.6 Å². The minimum absolute atomic E-state index is 0.00196. The molecule has 0 saturated carbocycles. The van der Waals surface area contributed by atoms with Crippen molar-refractivity contribution in [3.8, 4) is 24.0 Å². The highest BCUT2D eigenvalue weighted by Crippen LogP contribution is 2.52. The molecule has 0 spiro atoms. The van der Waals surface area contributed by atoms with Crippen LogP contribution < -0.4 is 16.2 Å². The van der Waals surface area contributed by atoms with Gasteiger partial charge in [-0.25, -0.2) is 23.6 Å². The highest BCUT2D eigenvalue weighted by molar-refractivity contribution is 7.48. The summed E-state index contributed by atoms with van der Waals surface area (Å²) in [6.07, 6.45) is 10.2. The monoisotopic (exact) mass is 1070 g/mol. The van der Waals surface area contributed by atoms with Crippen LogP contribution in [-0.4, -0.2) is 125 Å². The molecule has 23 nitrogen and oxygen atoms in total. The van der Waals surface area contributed by atoms with Crippen LogP contribution in [0.3, 0.4) is 0 Å². The van der Waals surface area contributed by atoms with E-state index >= 15 is 0 Å². The van der Waals surface area contributed by atoms with Crippen molar-refractivity contribution < 1.29 is 57.5 Å². The zero-order valence-electron chi connectivity index (χ0n) is 42.8. The second-order valence-electron chi connectivity index (χ2n) is 19.3. The van der Waals surface area contributed by atoms with E-state index in [0.717, 1.165) is 38.3 Å². The Labute approximate surface area is 441 Å². The number of rotatable bonds is 32. The molecular weight excluding hydrogens is 1000 g/mol. The molecule has 0 aliphatic carbocycles. The van der Waals surface area contributed by atoms with Gasteiger partial charge in [0.05, 0.1) is 43.4 Å². The Morgan fingerprint density at radius 1 is 0.658 bits per heavy atom. The third kappa shape index (κ3) is 13.5. The van der Waals surface area contributed by atoms with E-state index in [-0.39, 0.29) is 52.0 Å². The van der Waals surface area contributed by atoms with Crippen molar-refractivity contribution in [2.24, 2.45) is 0 Å². The smallest absolute Gasteiger partial charge is 0.475 e. The lowest BCUT2D eigenvalue weighted by Crippen LogP contribution is -2.41. The van der Waals surface area contributed by atoms with Crippen LogP contribution in [0.15, 0.2) is 61.2 Å². The number of phosphoric acid groups is 1. The molecule has 2 aliphatic rings. The molecule has 2 fully saturated rings. The number of nitrogens with zero attached hydrogens (tertiary/aromatic N) is 9. The van der Waals surface area contributed by atoms with Gasteiger partial charge in [-0.05, 0) is 42.8 Å². The number of nitriles is 3. The van der Waals surface area contributed by atoms with E-state index in [1.165, 1.54) is 110 Å². The molecule has 24 heteroatoms. The van der Waals surface area contributed by atoms with Crippen LogP contribution in [0, 0.1) is 34.0 Å². The normalized spacial score (nSPS) is 23.9. The number of aliphatic hydroxyl groups excluding tert-OH is 4. The Balaban J connectivity index is 1.01. The summed E-state index contributed by atoms with van der Waals surface area (Å²) in [5.74, 6) is 0.320. The van der Waals surface area contributed by atoms with Gasteiger partial charge < -0.3 is 50.8 Å². The molecule has 7 rings (SSSR count). The lowest BCUT2D eigenvalue weighted by Gasteiger charge is -2.26. The third-order valence-corrected chi connectivity index (χ3v) is 15.3. The number of benzene rings is 1. The van der Waals surface area contributed by atoms with Crippen molar-refractivity contribution in [2.75, 3.05) is 44.5 Å². The van der Waals surface area contributed by atoms with Crippen molar-refractivity contribution in [1.29, 1.82) is 15.8 Å². The van der Waals surface area contributed by atoms with Gasteiger partial charge in [0.25, 0.3) is 0 Å². The molecule has 2 saturated heterocycles. The Kier molecular flexibility index (Phi) is 20.9. The van der Waals surface area contributed by atoms with Gasteiger partial charge in [0.1, 0.15) is 90.4 Å². The number of hydrogen-bond acceptors (Lipinski definition) is 21. The minimum Gasteiger partial charge on any atom is -0.484 e. The van der Waals surface area contributed by atoms with E-state index in [1.54, 1.807) is 24.3 Å². The highest BCUT2D eigenvalue weighted by Gasteiger charge is 2.59. The predicted molar refractivity (Wildman–Crippen MR) is 275 cm³/mol. The number of unbranched alkanes of at least 4 members (excludes halogenated alkanes) is 15. The molecule has 0 radical (unpaired) electrons. The molecule has 5 aromatic rings. The molecule has 1 aromatic carbocycles. The van der Waals surface area contributed by atoms with Crippen LogP contribution in [0.5, 0.6) is 5.75 Å². The van der Waals surface area contributed by atoms with Crippen LogP contribution in [0.1, 0.15) is 127 Å². The molecule has 410 valence electrons. The average Bonchev–Trinajstić information content (AvgIpc) is 4.23. The first-order valence-corrected chi connectivity index (χ1v) is 27.7. The first-order valence-electron chi connectivity index (χ1n) is 26.2. The number of fused-ring (bicyclic) bond motifs is 2. The fourth-order valence-corrected chi connectivity index (χ4v) is 10.9. The number of aliphatic hydroxyl groups is 4. The summed E-state index contributed by atoms with van der Waals surface area (Å²) >= 11 is 0. The third-order valence-electron chi connectivity index (χ3n) is 13.9. The molecular formula is C52H70N11O12P. The molecule has 0 unspecified atom stereocenters. The molecule has 76 heavy (non-hydrogen) atoms. The number of nitrogen functional groups attached to an aromatic ring is 2. The number of ether oxygens (including phenoxy) is 4. The molecule has 0 bridgehead atoms. The summed E-state index contributed by atoms with van der Waals surface area (Å²) in [6, 6.07) is 18.3. The van der Waals surface area contributed by atoms with Gasteiger partial charge in [-0.3, -0.25) is 13.6 Å². The summed E-state index contributed by atoms with van der Waals surface area (Å²) < 4.78 is 59.4. The van der Waals surface area contributed by atoms with E-state index in [0.29, 0.717) is 6.61 Å². The summed E-state index contributed by atoms with van der Waals surface area (Å²) in [5.41, 5.74) is 8.31. The van der Waals surface area contributed by atoms with Gasteiger partial charge in [0.15, 0.2) is 11.6 Å². The lowest BCUT2D eigenvalue weighted by molar-refractivity contribution is -0.0756. The zero-order chi connectivity index (χ0) is 54.1. The van der Waals surface area contributed by atoms with Gasteiger partial charge in [-0.2, -0.15) is 26.0 Å². The van der Waals surface area contributed by atoms with Gasteiger partial charge >= 0.3 is 7.82 Å². The summed E-state index contributed by atoms with van der Waals surface area (Å²) in [4.78, 5) is 7.90. The van der Waals surface area contributed by atoms with E-state index in [4.69, 9.17) is 44.0 Å². The van der Waals surface area contributed by atoms with Crippen molar-refractivity contribution in [3.05, 3.63) is 78.1 Å². The van der Waals surface area contributed by atoms with Crippen molar-refractivity contribution in [3.63, 3.8) is 0 Å². The van der Waals surface area contributed by atoms with Crippen LogP contribution in [0.25, 0.3) is 11.0 Å². The average molecular weight is 1070 g/mol. The Morgan fingerprint density at radius 3 is 1.58 bits per heavy atom. The standard InChI is InChI=1S/C52H70N11O12P/c1-2-3-4-5-6-7-8-9-10-11-12-13-14-15-16-19-26-69-28-37(73-40-21-18-17-20-36(40)27-53)29-70-76(68,71-30-41-45(64)47(66)51(32-54,74-41)43-24-22-38-49(56)58-34-60-62(38)43)72-31-42-46(65)48(67)52(33-55,75-42)44-25-23-39-50(57)59-35-61-63(39)44/h17-18,20-25,34-35,37,41-42,45-48,64-67H,2-16,19,26,28-31H2,1H3,(H2,56,58,60)(H2,57,59,61)/t37-,41-,42-,45-,46-,47-,48-,51+,52+/m1/s1. The fraction of sp³-hybridized carbons (Fsp3) is 0.596. The second-order valence-corrected chi connectivity index (χ2v) is 20.9. The maximum absolute atomic E-state index is 15.0. The fourth-order valence-electron chi connectivity index (χ4n) is 9.64. The number of anilines is 2. The molecule has 9 atom stereocenters. The number of hydrogen-bond donors (Lipinski definition) is 6. The van der Waals surface area contributed by atoms with Crippen LogP contribution in [0.2, 0.25) is 0 Å². The van der Waals surface area contributed by atoms with E-state index in [1.807, 2.05) is 12.1 Å².